The average Bonchev–Trinajstić information content (AvgIpc) is 2.62. The molecule has 1 aliphatic rings. The molecule has 0 aromatic heterocycles. The van der Waals surface area contributed by atoms with Gasteiger partial charge < -0.3 is 20.3 Å². The standard InChI is InChI=1S/C18H28N4O3/c1-4-19-18(24)14(2)20-17(23)13-21-9-11-22(12-10-21)15-7-5-6-8-16(15)25-3/h5-8,14H,4,9-13H2,1-3H3,(H,19,24)(H,20,23)/t14-/m1/s1. The molecule has 0 spiro atoms. The summed E-state index contributed by atoms with van der Waals surface area (Å²) in [7, 11) is 1.68. The molecular weight excluding hydrogens is 320 g/mol. The van der Waals surface area contributed by atoms with Gasteiger partial charge in [0.05, 0.1) is 19.3 Å². The highest BCUT2D eigenvalue weighted by Crippen LogP contribution is 2.28. The number of ether oxygens (including phenoxy) is 1. The maximum atomic E-state index is 12.1. The number of rotatable bonds is 7. The second kappa shape index (κ2) is 9.27. The first kappa shape index (κ1) is 19.1. The summed E-state index contributed by atoms with van der Waals surface area (Å²) in [6.45, 7) is 7.67. The Labute approximate surface area is 149 Å². The summed E-state index contributed by atoms with van der Waals surface area (Å²) < 4.78 is 5.42. The molecule has 7 heteroatoms. The van der Waals surface area contributed by atoms with E-state index in [4.69, 9.17) is 4.74 Å². The molecule has 138 valence electrons. The van der Waals surface area contributed by atoms with Crippen molar-refractivity contribution >= 4 is 17.5 Å². The predicted molar refractivity (Wildman–Crippen MR) is 97.9 cm³/mol. The van der Waals surface area contributed by atoms with Crippen LogP contribution in [-0.2, 0) is 9.59 Å². The van der Waals surface area contributed by atoms with Crippen LogP contribution < -0.4 is 20.3 Å². The molecule has 0 unspecified atom stereocenters. The molecule has 1 heterocycles. The van der Waals surface area contributed by atoms with E-state index in [2.05, 4.69) is 26.5 Å². The molecule has 1 fully saturated rings. The third kappa shape index (κ3) is 5.35. The average molecular weight is 348 g/mol. The monoisotopic (exact) mass is 348 g/mol. The van der Waals surface area contributed by atoms with Gasteiger partial charge in [-0.25, -0.2) is 0 Å². The lowest BCUT2D eigenvalue weighted by molar-refractivity contribution is -0.129. The van der Waals surface area contributed by atoms with Gasteiger partial charge in [0.1, 0.15) is 11.8 Å². The maximum Gasteiger partial charge on any atom is 0.242 e. The molecule has 1 aromatic rings. The van der Waals surface area contributed by atoms with Gasteiger partial charge in [0.25, 0.3) is 0 Å². The Morgan fingerprint density at radius 3 is 2.52 bits per heavy atom. The number of amides is 2. The van der Waals surface area contributed by atoms with Gasteiger partial charge in [0.15, 0.2) is 0 Å². The van der Waals surface area contributed by atoms with Crippen molar-refractivity contribution in [2.45, 2.75) is 19.9 Å². The molecule has 0 saturated carbocycles. The summed E-state index contributed by atoms with van der Waals surface area (Å²) >= 11 is 0. The van der Waals surface area contributed by atoms with Gasteiger partial charge in [-0.3, -0.25) is 14.5 Å². The molecule has 0 bridgehead atoms. The Morgan fingerprint density at radius 1 is 1.20 bits per heavy atom. The highest BCUT2D eigenvalue weighted by molar-refractivity contribution is 5.87. The summed E-state index contributed by atoms with van der Waals surface area (Å²) in [5.41, 5.74) is 1.08. The van der Waals surface area contributed by atoms with E-state index in [0.29, 0.717) is 13.1 Å². The molecule has 25 heavy (non-hydrogen) atoms. The number of nitrogens with one attached hydrogen (secondary N) is 2. The number of nitrogens with zero attached hydrogens (tertiary/aromatic N) is 2. The van der Waals surface area contributed by atoms with Crippen molar-refractivity contribution in [3.8, 4) is 5.75 Å². The van der Waals surface area contributed by atoms with Crippen molar-refractivity contribution < 1.29 is 14.3 Å². The fraction of sp³-hybridized carbons (Fsp3) is 0.556. The molecule has 2 N–H and O–H groups in total. The Morgan fingerprint density at radius 2 is 1.88 bits per heavy atom. The van der Waals surface area contributed by atoms with Crippen molar-refractivity contribution in [1.82, 2.24) is 15.5 Å². The lowest BCUT2D eigenvalue weighted by Gasteiger charge is -2.36. The van der Waals surface area contributed by atoms with Crippen molar-refractivity contribution in [1.29, 1.82) is 0 Å². The third-order valence-electron chi connectivity index (χ3n) is 4.29. The zero-order chi connectivity index (χ0) is 18.2. The van der Waals surface area contributed by atoms with Crippen molar-refractivity contribution in [3.63, 3.8) is 0 Å². The molecule has 1 aromatic carbocycles. The first-order valence-corrected chi connectivity index (χ1v) is 8.72. The fourth-order valence-corrected chi connectivity index (χ4v) is 2.92. The molecule has 0 radical (unpaired) electrons. The van der Waals surface area contributed by atoms with Crippen molar-refractivity contribution in [2.24, 2.45) is 0 Å². The van der Waals surface area contributed by atoms with E-state index in [1.54, 1.807) is 14.0 Å². The van der Waals surface area contributed by atoms with E-state index >= 15 is 0 Å². The lowest BCUT2D eigenvalue weighted by Crippen LogP contribution is -2.52. The lowest BCUT2D eigenvalue weighted by atomic mass is 10.2. The van der Waals surface area contributed by atoms with Gasteiger partial charge in [-0.05, 0) is 26.0 Å². The summed E-state index contributed by atoms with van der Waals surface area (Å²) in [4.78, 5) is 28.2. The number of carbonyl (C=O) groups excluding carboxylic acids is 2. The van der Waals surface area contributed by atoms with Crippen LogP contribution >= 0.6 is 0 Å². The molecule has 2 rings (SSSR count). The number of carbonyl (C=O) groups is 2. The highest BCUT2D eigenvalue weighted by atomic mass is 16.5. The number of hydrogen-bond acceptors (Lipinski definition) is 5. The van der Waals surface area contributed by atoms with E-state index in [9.17, 15) is 9.59 Å². The quantitative estimate of drug-likeness (QED) is 0.749. The number of likely N-dealkylation sites (N-methyl/N-ethyl adjacent to an activating group) is 1. The Bertz CT molecular complexity index is 585. The predicted octanol–water partition coefficient (Wildman–Crippen LogP) is 0.458. The van der Waals surface area contributed by atoms with Crippen LogP contribution in [0.3, 0.4) is 0 Å². The zero-order valence-electron chi connectivity index (χ0n) is 15.2. The van der Waals surface area contributed by atoms with Crippen LogP contribution in [0, 0.1) is 0 Å². The van der Waals surface area contributed by atoms with Gasteiger partial charge in [-0.2, -0.15) is 0 Å². The van der Waals surface area contributed by atoms with Crippen molar-refractivity contribution in [3.05, 3.63) is 24.3 Å². The number of hydrogen-bond donors (Lipinski definition) is 2. The third-order valence-corrected chi connectivity index (χ3v) is 4.29. The molecule has 7 nitrogen and oxygen atoms in total. The minimum atomic E-state index is -0.512. The van der Waals surface area contributed by atoms with Gasteiger partial charge in [0, 0.05) is 32.7 Å². The minimum absolute atomic E-state index is 0.121. The smallest absolute Gasteiger partial charge is 0.242 e. The van der Waals surface area contributed by atoms with Crippen LogP contribution in [0.15, 0.2) is 24.3 Å². The number of methoxy groups -OCH3 is 1. The van der Waals surface area contributed by atoms with Gasteiger partial charge in [-0.1, -0.05) is 12.1 Å². The van der Waals surface area contributed by atoms with Crippen LogP contribution in [0.25, 0.3) is 0 Å². The second-order valence-electron chi connectivity index (χ2n) is 6.12. The molecule has 2 amide bonds. The normalized spacial score (nSPS) is 16.2. The van der Waals surface area contributed by atoms with Crippen molar-refractivity contribution in [2.75, 3.05) is 51.3 Å². The largest absolute Gasteiger partial charge is 0.495 e. The Hall–Kier alpha value is -2.28. The summed E-state index contributed by atoms with van der Waals surface area (Å²) in [6.07, 6.45) is 0. The number of piperazine rings is 1. The van der Waals surface area contributed by atoms with E-state index in [1.165, 1.54) is 0 Å². The van der Waals surface area contributed by atoms with Gasteiger partial charge in [0.2, 0.25) is 11.8 Å². The van der Waals surface area contributed by atoms with Crippen LogP contribution in [0.2, 0.25) is 0 Å². The Balaban J connectivity index is 1.80. The second-order valence-corrected chi connectivity index (χ2v) is 6.12. The summed E-state index contributed by atoms with van der Waals surface area (Å²) in [5.74, 6) is 0.589. The maximum absolute atomic E-state index is 12.1. The number of para-hydroxylation sites is 2. The molecule has 0 aliphatic carbocycles. The Kier molecular flexibility index (Phi) is 7.06. The first-order valence-electron chi connectivity index (χ1n) is 8.72. The van der Waals surface area contributed by atoms with E-state index in [1.807, 2.05) is 25.1 Å². The van der Waals surface area contributed by atoms with E-state index < -0.39 is 6.04 Å². The van der Waals surface area contributed by atoms with Crippen LogP contribution in [0.5, 0.6) is 5.75 Å². The summed E-state index contributed by atoms with van der Waals surface area (Å²) in [5, 5.41) is 5.45. The van der Waals surface area contributed by atoms with Crippen LogP contribution in [-0.4, -0.2) is 69.1 Å². The summed E-state index contributed by atoms with van der Waals surface area (Å²) in [6, 6.07) is 7.45. The highest BCUT2D eigenvalue weighted by Gasteiger charge is 2.22. The fourth-order valence-electron chi connectivity index (χ4n) is 2.92. The van der Waals surface area contributed by atoms with E-state index in [-0.39, 0.29) is 11.8 Å². The van der Waals surface area contributed by atoms with Crippen LogP contribution in [0.1, 0.15) is 13.8 Å². The van der Waals surface area contributed by atoms with Gasteiger partial charge in [-0.15, -0.1) is 0 Å². The molecule has 1 aliphatic heterocycles. The minimum Gasteiger partial charge on any atom is -0.495 e. The molecular formula is C18H28N4O3. The first-order chi connectivity index (χ1) is 12.0. The number of anilines is 1. The van der Waals surface area contributed by atoms with E-state index in [0.717, 1.165) is 37.6 Å². The van der Waals surface area contributed by atoms with Gasteiger partial charge >= 0.3 is 0 Å². The van der Waals surface area contributed by atoms with Crippen LogP contribution in [0.4, 0.5) is 5.69 Å². The topological polar surface area (TPSA) is 73.9 Å². The SMILES string of the molecule is CCNC(=O)[C@@H](C)NC(=O)CN1CCN(c2ccccc2OC)CC1. The zero-order valence-corrected chi connectivity index (χ0v) is 15.2. The molecule has 1 atom stereocenters. The molecule has 1 saturated heterocycles. The number of benzene rings is 1.